The molecule has 0 bridgehead atoms. The lowest BCUT2D eigenvalue weighted by Gasteiger charge is -2.65. The number of aliphatic hydroxyl groups is 1. The molecule has 0 aromatic heterocycles. The summed E-state index contributed by atoms with van der Waals surface area (Å²) >= 11 is 0. The third-order valence-corrected chi connectivity index (χ3v) is 14.4. The molecule has 2 heterocycles. The summed E-state index contributed by atoms with van der Waals surface area (Å²) in [6.07, 6.45) is 15.7. The number of benzene rings is 1. The monoisotopic (exact) mass is 608 g/mol. The molecule has 6 fully saturated rings. The van der Waals surface area contributed by atoms with E-state index in [0.29, 0.717) is 29.3 Å². The van der Waals surface area contributed by atoms with Gasteiger partial charge in [0.15, 0.2) is 0 Å². The number of rotatable bonds is 10. The van der Waals surface area contributed by atoms with Crippen molar-refractivity contribution in [2.45, 2.75) is 115 Å². The van der Waals surface area contributed by atoms with Crippen molar-refractivity contribution < 1.29 is 19.3 Å². The highest BCUT2D eigenvalue weighted by molar-refractivity contribution is 5.37. The van der Waals surface area contributed by atoms with Crippen molar-refractivity contribution >= 4 is 0 Å². The minimum absolute atomic E-state index is 0.302. The largest absolute Gasteiger partial charge is 0.497 e. The Morgan fingerprint density at radius 3 is 2.14 bits per heavy atom. The van der Waals surface area contributed by atoms with Gasteiger partial charge < -0.3 is 29.1 Å². The molecular formula is C38H60N2O4. The second kappa shape index (κ2) is 12.4. The average molecular weight is 609 g/mol. The molecule has 4 saturated carbocycles. The van der Waals surface area contributed by atoms with Crippen molar-refractivity contribution in [1.82, 2.24) is 9.80 Å². The van der Waals surface area contributed by atoms with Crippen LogP contribution in [0.15, 0.2) is 24.3 Å². The first-order chi connectivity index (χ1) is 21.3. The van der Waals surface area contributed by atoms with Gasteiger partial charge in [-0.15, -0.1) is 0 Å². The van der Waals surface area contributed by atoms with E-state index in [1.54, 1.807) is 7.11 Å². The number of ether oxygens (including phenoxy) is 3. The zero-order valence-electron chi connectivity index (χ0n) is 28.0. The molecule has 4 aliphatic carbocycles. The molecule has 0 unspecified atom stereocenters. The van der Waals surface area contributed by atoms with Crippen LogP contribution in [0.4, 0.5) is 0 Å². The van der Waals surface area contributed by atoms with Gasteiger partial charge in [-0.1, -0.05) is 26.0 Å². The maximum absolute atomic E-state index is 13.1. The maximum Gasteiger partial charge on any atom is 0.118 e. The van der Waals surface area contributed by atoms with Crippen molar-refractivity contribution in [2.24, 2.45) is 28.6 Å². The van der Waals surface area contributed by atoms with Gasteiger partial charge in [0.2, 0.25) is 0 Å². The molecule has 0 radical (unpaired) electrons. The van der Waals surface area contributed by atoms with E-state index in [0.717, 1.165) is 57.7 Å². The fourth-order valence-electron chi connectivity index (χ4n) is 11.7. The Labute approximate surface area is 267 Å². The third kappa shape index (κ3) is 5.18. The summed E-state index contributed by atoms with van der Waals surface area (Å²) in [7, 11) is 1.74. The van der Waals surface area contributed by atoms with Crippen LogP contribution in [0.3, 0.4) is 0 Å². The topological polar surface area (TPSA) is 54.4 Å². The molecule has 1 N–H and O–H groups in total. The summed E-state index contributed by atoms with van der Waals surface area (Å²) in [6.45, 7) is 13.6. The normalized spacial score (nSPS) is 42.6. The Morgan fingerprint density at radius 2 is 1.45 bits per heavy atom. The fourth-order valence-corrected chi connectivity index (χ4v) is 11.7. The van der Waals surface area contributed by atoms with E-state index < -0.39 is 11.2 Å². The van der Waals surface area contributed by atoms with E-state index in [2.05, 4.69) is 47.9 Å². The summed E-state index contributed by atoms with van der Waals surface area (Å²) in [5.74, 6) is 2.52. The van der Waals surface area contributed by atoms with Crippen molar-refractivity contribution in [3.8, 4) is 5.75 Å². The van der Waals surface area contributed by atoms with Gasteiger partial charge in [0.1, 0.15) is 11.4 Å². The van der Waals surface area contributed by atoms with Crippen molar-refractivity contribution in [1.29, 1.82) is 0 Å². The van der Waals surface area contributed by atoms with E-state index in [4.69, 9.17) is 14.2 Å². The standard InChI is InChI=1S/C38H60N2O4/c1-35-16-14-32(43-26-24-39-20-4-5-21-39)28-30(35)10-13-34-33(35)15-17-36(2)37(34,41)18-19-38(36,29-8-11-31(42-3)12-9-29)44-27-25-40-22-6-7-23-40/h8-9,11-12,30,32-34,41H,4-7,10,13-28H2,1-3H3/t30-,32-,33-,34+,35-,36-,37-,38-/m0/s1. The molecule has 8 atom stereocenters. The van der Waals surface area contributed by atoms with Crippen LogP contribution in [-0.2, 0) is 15.1 Å². The first-order valence-electron chi connectivity index (χ1n) is 18.4. The van der Waals surface area contributed by atoms with E-state index in [9.17, 15) is 5.11 Å². The Morgan fingerprint density at radius 1 is 0.773 bits per heavy atom. The van der Waals surface area contributed by atoms with Crippen LogP contribution in [0.5, 0.6) is 5.75 Å². The molecule has 6 nitrogen and oxygen atoms in total. The first kappa shape index (κ1) is 31.4. The number of fused-ring (bicyclic) bond motifs is 5. The number of hydrogen-bond donors (Lipinski definition) is 1. The van der Waals surface area contributed by atoms with Gasteiger partial charge >= 0.3 is 0 Å². The summed E-state index contributed by atoms with van der Waals surface area (Å²) < 4.78 is 19.3. The van der Waals surface area contributed by atoms with Gasteiger partial charge in [0, 0.05) is 18.5 Å². The summed E-state index contributed by atoms with van der Waals surface area (Å²) in [4.78, 5) is 5.12. The molecule has 2 saturated heterocycles. The highest BCUT2D eigenvalue weighted by Gasteiger charge is 2.72. The molecule has 1 aromatic rings. The molecule has 7 rings (SSSR count). The van der Waals surface area contributed by atoms with Crippen LogP contribution in [0, 0.1) is 28.6 Å². The highest BCUT2D eigenvalue weighted by atomic mass is 16.5. The predicted octanol–water partition coefficient (Wildman–Crippen LogP) is 6.64. The van der Waals surface area contributed by atoms with Gasteiger partial charge in [0.25, 0.3) is 0 Å². The van der Waals surface area contributed by atoms with Crippen LogP contribution in [0.1, 0.15) is 103 Å². The van der Waals surface area contributed by atoms with E-state index in [-0.39, 0.29) is 5.41 Å². The zero-order valence-corrected chi connectivity index (χ0v) is 28.0. The molecule has 6 heteroatoms. The second-order valence-corrected chi connectivity index (χ2v) is 16.1. The average Bonchev–Trinajstić information content (AvgIpc) is 3.80. The smallest absolute Gasteiger partial charge is 0.118 e. The first-order valence-corrected chi connectivity index (χ1v) is 18.4. The molecule has 0 spiro atoms. The lowest BCUT2D eigenvalue weighted by atomic mass is 9.42. The van der Waals surface area contributed by atoms with E-state index in [1.165, 1.54) is 89.5 Å². The van der Waals surface area contributed by atoms with Gasteiger partial charge in [0.05, 0.1) is 32.0 Å². The molecule has 0 amide bonds. The summed E-state index contributed by atoms with van der Waals surface area (Å²) in [6, 6.07) is 8.62. The fraction of sp³-hybridized carbons (Fsp3) is 0.842. The van der Waals surface area contributed by atoms with Gasteiger partial charge in [-0.2, -0.15) is 0 Å². The molecule has 1 aromatic carbocycles. The molecule has 2 aliphatic heterocycles. The summed E-state index contributed by atoms with van der Waals surface area (Å²) in [5, 5.41) is 13.1. The SMILES string of the molecule is COc1ccc([C@@]2(OCCN3CCCC3)CC[C@]3(O)[C@@H]4CC[C@H]5C[C@@H](OCCN6CCCC6)CC[C@]5(C)[C@H]4CC[C@]23C)cc1. The molecule has 6 aliphatic rings. The Bertz CT molecular complexity index is 1120. The third-order valence-electron chi connectivity index (χ3n) is 14.4. The highest BCUT2D eigenvalue weighted by Crippen LogP contribution is 2.72. The lowest BCUT2D eigenvalue weighted by molar-refractivity contribution is -0.249. The van der Waals surface area contributed by atoms with Crippen molar-refractivity contribution in [2.75, 3.05) is 59.6 Å². The second-order valence-electron chi connectivity index (χ2n) is 16.1. The van der Waals surface area contributed by atoms with Crippen LogP contribution < -0.4 is 4.74 Å². The zero-order chi connectivity index (χ0) is 30.4. The number of methoxy groups -OCH3 is 1. The quantitative estimate of drug-likeness (QED) is 0.321. The molecule has 44 heavy (non-hydrogen) atoms. The number of nitrogens with zero attached hydrogens (tertiary/aromatic N) is 2. The van der Waals surface area contributed by atoms with Crippen molar-refractivity contribution in [3.63, 3.8) is 0 Å². The molecular weight excluding hydrogens is 548 g/mol. The Balaban J connectivity index is 1.09. The lowest BCUT2D eigenvalue weighted by Crippen LogP contribution is -2.65. The van der Waals surface area contributed by atoms with Crippen molar-refractivity contribution in [3.05, 3.63) is 29.8 Å². The van der Waals surface area contributed by atoms with Crippen LogP contribution in [-0.4, -0.2) is 86.2 Å². The maximum atomic E-state index is 13.1. The molecule has 246 valence electrons. The predicted molar refractivity (Wildman–Crippen MR) is 175 cm³/mol. The van der Waals surface area contributed by atoms with Crippen LogP contribution in [0.25, 0.3) is 0 Å². The number of hydrogen-bond acceptors (Lipinski definition) is 6. The Hall–Kier alpha value is -1.18. The van der Waals surface area contributed by atoms with Crippen LogP contribution in [0.2, 0.25) is 0 Å². The van der Waals surface area contributed by atoms with E-state index in [1.807, 2.05) is 0 Å². The van der Waals surface area contributed by atoms with Gasteiger partial charge in [-0.05, 0) is 151 Å². The Kier molecular flexibility index (Phi) is 8.89. The van der Waals surface area contributed by atoms with E-state index >= 15 is 0 Å². The minimum Gasteiger partial charge on any atom is -0.497 e. The minimum atomic E-state index is -0.708. The van der Waals surface area contributed by atoms with Gasteiger partial charge in [-0.3, -0.25) is 0 Å². The number of likely N-dealkylation sites (tertiary alicyclic amines) is 2. The van der Waals surface area contributed by atoms with Gasteiger partial charge in [-0.25, -0.2) is 0 Å². The van der Waals surface area contributed by atoms with Crippen LogP contribution >= 0.6 is 0 Å². The summed E-state index contributed by atoms with van der Waals surface area (Å²) in [5.41, 5.74) is 0.0251.